The zero-order valence-corrected chi connectivity index (χ0v) is 18.7. The first-order valence-electron chi connectivity index (χ1n) is 11.1. The van der Waals surface area contributed by atoms with Crippen molar-refractivity contribution in [2.24, 2.45) is 0 Å². The van der Waals surface area contributed by atoms with Gasteiger partial charge in [-0.15, -0.1) is 0 Å². The minimum atomic E-state index is -1.01. The number of hydrogen-bond donors (Lipinski definition) is 4. The fraction of sp³-hybridized carbons (Fsp3) is 0.560. The smallest absolute Gasteiger partial charge is 0.305 e. The van der Waals surface area contributed by atoms with E-state index in [-0.39, 0.29) is 12.6 Å². The summed E-state index contributed by atoms with van der Waals surface area (Å²) >= 11 is 0. The fourth-order valence-corrected chi connectivity index (χ4v) is 2.44. The first-order valence-corrected chi connectivity index (χ1v) is 11.1. The third-order valence-electron chi connectivity index (χ3n) is 4.22. The minimum absolute atomic E-state index is 0.164. The van der Waals surface area contributed by atoms with Crippen LogP contribution in [0.4, 0.5) is 0 Å². The van der Waals surface area contributed by atoms with Gasteiger partial charge in [-0.2, -0.15) is 0 Å². The van der Waals surface area contributed by atoms with Gasteiger partial charge in [0.05, 0.1) is 18.8 Å². The van der Waals surface area contributed by atoms with E-state index in [0.29, 0.717) is 19.3 Å². The second-order valence-electron chi connectivity index (χ2n) is 7.23. The van der Waals surface area contributed by atoms with Gasteiger partial charge < -0.3 is 25.2 Å². The van der Waals surface area contributed by atoms with Crippen molar-refractivity contribution in [2.45, 2.75) is 76.6 Å². The molecule has 0 heterocycles. The number of rotatable bonds is 18. The molecule has 0 amide bonds. The number of carbonyl (C=O) groups is 1. The molecule has 0 aliphatic heterocycles. The molecule has 0 spiro atoms. The van der Waals surface area contributed by atoms with Gasteiger partial charge in [-0.25, -0.2) is 0 Å². The van der Waals surface area contributed by atoms with E-state index in [1.807, 2.05) is 42.5 Å². The molecule has 0 rings (SSSR count). The van der Waals surface area contributed by atoms with Gasteiger partial charge in [0, 0.05) is 6.42 Å². The Morgan fingerprint density at radius 1 is 0.839 bits per heavy atom. The van der Waals surface area contributed by atoms with Crippen molar-refractivity contribution >= 4 is 5.97 Å². The molecule has 0 aliphatic rings. The molecule has 4 N–H and O–H groups in total. The third-order valence-corrected chi connectivity index (χ3v) is 4.22. The Labute approximate surface area is 187 Å². The zero-order valence-electron chi connectivity index (χ0n) is 18.7. The Hall–Kier alpha value is -1.99. The van der Waals surface area contributed by atoms with Crippen LogP contribution in [-0.4, -0.2) is 57.9 Å². The summed E-state index contributed by atoms with van der Waals surface area (Å²) in [4.78, 5) is 11.4. The number of allylic oxidation sites excluding steroid dienone is 6. The summed E-state index contributed by atoms with van der Waals surface area (Å²) in [6.45, 7) is 1.47. The van der Waals surface area contributed by atoms with E-state index in [1.54, 1.807) is 18.2 Å². The van der Waals surface area contributed by atoms with Gasteiger partial charge in [-0.1, -0.05) is 74.1 Å². The van der Waals surface area contributed by atoms with Crippen molar-refractivity contribution in [3.63, 3.8) is 0 Å². The van der Waals surface area contributed by atoms with Crippen LogP contribution in [0.2, 0.25) is 0 Å². The predicted octanol–water partition coefficient (Wildman–Crippen LogP) is 3.53. The Bertz CT molecular complexity index is 577. The van der Waals surface area contributed by atoms with E-state index in [4.69, 9.17) is 14.9 Å². The summed E-state index contributed by atoms with van der Waals surface area (Å²) in [7, 11) is 0. The van der Waals surface area contributed by atoms with Crippen molar-refractivity contribution in [3.8, 4) is 0 Å². The molecule has 3 unspecified atom stereocenters. The van der Waals surface area contributed by atoms with Crippen LogP contribution in [0.1, 0.15) is 58.3 Å². The molecule has 0 aliphatic carbocycles. The number of hydrogen-bond acceptors (Lipinski definition) is 6. The fourth-order valence-electron chi connectivity index (χ4n) is 2.44. The molecule has 31 heavy (non-hydrogen) atoms. The van der Waals surface area contributed by atoms with E-state index in [2.05, 4.69) is 6.92 Å². The Morgan fingerprint density at radius 3 is 2.13 bits per heavy atom. The number of aliphatic hydroxyl groups is 4. The van der Waals surface area contributed by atoms with Crippen LogP contribution in [0, 0.1) is 0 Å². The molecule has 6 heteroatoms. The second-order valence-corrected chi connectivity index (χ2v) is 7.23. The number of esters is 1. The summed E-state index contributed by atoms with van der Waals surface area (Å²) in [5.74, 6) is -0.357. The number of aliphatic hydroxyl groups excluding tert-OH is 4. The van der Waals surface area contributed by atoms with Crippen molar-refractivity contribution in [1.82, 2.24) is 0 Å². The monoisotopic (exact) mass is 436 g/mol. The first-order chi connectivity index (χ1) is 15.0. The van der Waals surface area contributed by atoms with Gasteiger partial charge in [-0.05, 0) is 38.5 Å². The van der Waals surface area contributed by atoms with Crippen LogP contribution >= 0.6 is 0 Å². The molecule has 0 fully saturated rings. The lowest BCUT2D eigenvalue weighted by atomic mass is 10.1. The van der Waals surface area contributed by atoms with Crippen LogP contribution in [0.15, 0.2) is 60.8 Å². The average Bonchev–Trinajstić information content (AvgIpc) is 2.76. The maximum Gasteiger partial charge on any atom is 0.305 e. The average molecular weight is 437 g/mol. The van der Waals surface area contributed by atoms with Crippen LogP contribution in [0.3, 0.4) is 0 Å². The molecular formula is C25H40O6. The zero-order chi connectivity index (χ0) is 23.2. The molecule has 0 saturated carbocycles. The molecule has 3 atom stereocenters. The summed E-state index contributed by atoms with van der Waals surface area (Å²) < 4.78 is 4.83. The molecule has 0 aromatic rings. The Morgan fingerprint density at radius 2 is 1.48 bits per heavy atom. The van der Waals surface area contributed by atoms with E-state index in [1.165, 1.54) is 0 Å². The van der Waals surface area contributed by atoms with E-state index in [0.717, 1.165) is 32.1 Å². The van der Waals surface area contributed by atoms with Crippen LogP contribution in [0.25, 0.3) is 0 Å². The molecule has 0 aromatic heterocycles. The summed E-state index contributed by atoms with van der Waals surface area (Å²) in [5, 5.41) is 37.3. The van der Waals surface area contributed by atoms with Gasteiger partial charge in [0.15, 0.2) is 0 Å². The molecule has 0 aromatic carbocycles. The Balaban J connectivity index is 3.76. The lowest BCUT2D eigenvalue weighted by molar-refractivity contribution is -0.147. The van der Waals surface area contributed by atoms with Crippen LogP contribution in [0.5, 0.6) is 0 Å². The maximum absolute atomic E-state index is 11.4. The minimum Gasteiger partial charge on any atom is -0.463 e. The summed E-state index contributed by atoms with van der Waals surface area (Å²) in [5.41, 5.74) is 0. The highest BCUT2D eigenvalue weighted by Crippen LogP contribution is 2.05. The summed E-state index contributed by atoms with van der Waals surface area (Å²) in [6, 6.07) is 0. The van der Waals surface area contributed by atoms with Gasteiger partial charge in [0.1, 0.15) is 12.7 Å². The van der Waals surface area contributed by atoms with Gasteiger partial charge >= 0.3 is 5.97 Å². The molecule has 0 bridgehead atoms. The van der Waals surface area contributed by atoms with E-state index in [9.17, 15) is 15.0 Å². The first kappa shape index (κ1) is 29.0. The SMILES string of the molecule is CCC=CCC(O)C=CC=CCC(O)C=CC=CCCCCCC(=O)OCC(O)CO. The number of unbranched alkanes of at least 4 members (excludes halogenated alkanes) is 3. The molecule has 0 radical (unpaired) electrons. The normalized spacial score (nSPS) is 15.6. The van der Waals surface area contributed by atoms with Gasteiger partial charge in [0.2, 0.25) is 0 Å². The molecule has 176 valence electrons. The maximum atomic E-state index is 11.4. The number of ether oxygens (including phenoxy) is 1. The van der Waals surface area contributed by atoms with Crippen molar-refractivity contribution in [1.29, 1.82) is 0 Å². The third kappa shape index (κ3) is 21.0. The van der Waals surface area contributed by atoms with Gasteiger partial charge in [0.25, 0.3) is 0 Å². The van der Waals surface area contributed by atoms with Gasteiger partial charge in [-0.3, -0.25) is 4.79 Å². The highest BCUT2D eigenvalue weighted by Gasteiger charge is 2.07. The molecular weight excluding hydrogens is 396 g/mol. The van der Waals surface area contributed by atoms with Crippen molar-refractivity contribution in [3.05, 3.63) is 60.8 Å². The van der Waals surface area contributed by atoms with Crippen LogP contribution in [-0.2, 0) is 9.53 Å². The second kappa shape index (κ2) is 21.2. The highest BCUT2D eigenvalue weighted by atomic mass is 16.5. The summed E-state index contributed by atoms with van der Waals surface area (Å²) in [6.07, 6.45) is 22.5. The van der Waals surface area contributed by atoms with Crippen molar-refractivity contribution < 1.29 is 30.0 Å². The van der Waals surface area contributed by atoms with E-state index >= 15 is 0 Å². The lowest BCUT2D eigenvalue weighted by Crippen LogP contribution is -2.21. The predicted molar refractivity (Wildman–Crippen MR) is 124 cm³/mol. The molecule has 0 saturated heterocycles. The highest BCUT2D eigenvalue weighted by molar-refractivity contribution is 5.69. The standard InChI is InChI=1S/C25H40O6/c1-2-3-10-15-22(27)17-12-9-13-18-23(28)16-11-7-5-4-6-8-14-19-25(30)31-21-24(29)20-26/h3,5,7,9-13,16-17,22-24,26-29H,2,4,6,8,14-15,18-21H2,1H3. The topological polar surface area (TPSA) is 107 Å². The number of carbonyl (C=O) groups excluding carboxylic acids is 1. The quantitative estimate of drug-likeness (QED) is 0.113. The van der Waals surface area contributed by atoms with Crippen molar-refractivity contribution in [2.75, 3.05) is 13.2 Å². The molecule has 6 nitrogen and oxygen atoms in total. The largest absolute Gasteiger partial charge is 0.463 e. The van der Waals surface area contributed by atoms with Crippen LogP contribution < -0.4 is 0 Å². The Kier molecular flexibility index (Phi) is 19.9. The van der Waals surface area contributed by atoms with E-state index < -0.39 is 24.9 Å². The lowest BCUT2D eigenvalue weighted by Gasteiger charge is -2.08.